The molecule has 1 aromatic carbocycles. The third kappa shape index (κ3) is 5.33. The molecule has 3 aromatic rings. The van der Waals surface area contributed by atoms with Crippen molar-refractivity contribution in [1.29, 1.82) is 0 Å². The number of aromatic nitrogens is 2. The predicted octanol–water partition coefficient (Wildman–Crippen LogP) is 6.49. The lowest BCUT2D eigenvalue weighted by atomic mass is 10.1. The summed E-state index contributed by atoms with van der Waals surface area (Å²) in [6.45, 7) is -0.288. The van der Waals surface area contributed by atoms with Crippen molar-refractivity contribution in [3.63, 3.8) is 0 Å². The van der Waals surface area contributed by atoms with Crippen LogP contribution in [0.1, 0.15) is 17.7 Å². The summed E-state index contributed by atoms with van der Waals surface area (Å²) in [5.74, 6) is 0.0898. The monoisotopic (exact) mass is 533 g/mol. The van der Waals surface area contributed by atoms with E-state index in [1.54, 1.807) is 12.3 Å². The predicted molar refractivity (Wildman–Crippen MR) is 103 cm³/mol. The number of alkyl halides is 5. The summed E-state index contributed by atoms with van der Waals surface area (Å²) in [5, 5.41) is 6.69. The van der Waals surface area contributed by atoms with Crippen molar-refractivity contribution in [2.75, 3.05) is 6.61 Å². The van der Waals surface area contributed by atoms with Gasteiger partial charge in [0.2, 0.25) is 0 Å². The summed E-state index contributed by atoms with van der Waals surface area (Å²) in [7, 11) is -3.58. The zero-order chi connectivity index (χ0) is 22.1. The maximum atomic E-state index is 14.3. The molecule has 14 heteroatoms. The molecule has 0 aliphatic carbocycles. The molecule has 0 bridgehead atoms. The zero-order valence-electron chi connectivity index (χ0n) is 14.7. The SMILES string of the molecule is O=[P+](O)OC(F)(F)c1sc2c(OCCCC(F)(F)F)cc(-c3cn[nH]c3)cc2c1Br. The summed E-state index contributed by atoms with van der Waals surface area (Å²) in [6.07, 6.45) is -6.75. The smallest absolute Gasteiger partial charge is 0.492 e. The van der Waals surface area contributed by atoms with Gasteiger partial charge < -0.3 is 4.74 Å². The van der Waals surface area contributed by atoms with Crippen LogP contribution in [0.25, 0.3) is 21.2 Å². The maximum absolute atomic E-state index is 14.3. The normalized spacial score (nSPS) is 13.1. The second-order valence-corrected chi connectivity index (χ2v) is 8.47. The standard InChI is InChI=1S/C16H11BrF5N2O4PS/c17-12-10-4-8(9-6-23-24-7-9)5-11(27-3-1-2-15(18,19)20)13(10)30-14(12)16(21,22)28-29(25)26/h4-7H,1-3H2,(H-,23,24,25,26)/p+1. The Morgan fingerprint density at radius 2 is 1.97 bits per heavy atom. The number of nitrogens with zero attached hydrogens (tertiary/aromatic N) is 1. The molecule has 2 N–H and O–H groups in total. The molecule has 3 rings (SSSR count). The fraction of sp³-hybridized carbons (Fsp3) is 0.312. The van der Waals surface area contributed by atoms with Gasteiger partial charge in [-0.05, 0) is 44.6 Å². The van der Waals surface area contributed by atoms with Crippen molar-refractivity contribution >= 4 is 45.6 Å². The molecule has 2 heterocycles. The molecule has 0 spiro atoms. The van der Waals surface area contributed by atoms with E-state index in [9.17, 15) is 26.5 Å². The van der Waals surface area contributed by atoms with E-state index >= 15 is 0 Å². The maximum Gasteiger partial charge on any atom is 0.701 e. The Hall–Kier alpha value is -1.66. The third-order valence-corrected chi connectivity index (χ3v) is 6.59. The molecule has 0 fully saturated rings. The van der Waals surface area contributed by atoms with E-state index in [1.165, 1.54) is 12.3 Å². The molecule has 0 aliphatic rings. The Morgan fingerprint density at radius 1 is 1.23 bits per heavy atom. The first-order valence-corrected chi connectivity index (χ1v) is 10.9. The second kappa shape index (κ2) is 8.83. The summed E-state index contributed by atoms with van der Waals surface area (Å²) < 4.78 is 85.9. The first-order valence-electron chi connectivity index (χ1n) is 8.16. The van der Waals surface area contributed by atoms with Crippen molar-refractivity contribution < 1.29 is 40.7 Å². The first kappa shape index (κ1) is 23.0. The topological polar surface area (TPSA) is 84.4 Å². The summed E-state index contributed by atoms with van der Waals surface area (Å²) >= 11 is 3.60. The molecule has 162 valence electrons. The van der Waals surface area contributed by atoms with Crippen LogP contribution >= 0.6 is 35.5 Å². The van der Waals surface area contributed by atoms with Crippen LogP contribution in [0, 0.1) is 0 Å². The van der Waals surface area contributed by atoms with Gasteiger partial charge in [0.1, 0.15) is 10.6 Å². The van der Waals surface area contributed by atoms with E-state index in [2.05, 4.69) is 30.7 Å². The van der Waals surface area contributed by atoms with E-state index in [1.807, 2.05) is 0 Å². The van der Waals surface area contributed by atoms with E-state index in [4.69, 9.17) is 9.63 Å². The number of ether oxygens (including phenoxy) is 1. The van der Waals surface area contributed by atoms with Gasteiger partial charge in [-0.1, -0.05) is 0 Å². The van der Waals surface area contributed by atoms with Gasteiger partial charge >= 0.3 is 20.5 Å². The molecule has 1 atom stereocenters. The molecule has 0 amide bonds. The minimum absolute atomic E-state index is 0.0881. The highest BCUT2D eigenvalue weighted by Crippen LogP contribution is 2.50. The number of hydrogen-bond donors (Lipinski definition) is 2. The zero-order valence-corrected chi connectivity index (χ0v) is 18.0. The van der Waals surface area contributed by atoms with Crippen LogP contribution in [0.3, 0.4) is 0 Å². The number of fused-ring (bicyclic) bond motifs is 1. The molecule has 0 radical (unpaired) electrons. The second-order valence-electron chi connectivity index (χ2n) is 6.00. The van der Waals surface area contributed by atoms with Crippen molar-refractivity contribution in [3.8, 4) is 16.9 Å². The van der Waals surface area contributed by atoms with Crippen molar-refractivity contribution in [2.24, 2.45) is 0 Å². The number of thiophene rings is 1. The van der Waals surface area contributed by atoms with Crippen LogP contribution in [0.15, 0.2) is 29.0 Å². The van der Waals surface area contributed by atoms with Crippen LogP contribution in [-0.4, -0.2) is 27.9 Å². The van der Waals surface area contributed by atoms with E-state index in [-0.39, 0.29) is 33.3 Å². The number of hydrogen-bond acceptors (Lipinski definition) is 5. The van der Waals surface area contributed by atoms with Crippen LogP contribution < -0.4 is 4.74 Å². The first-order chi connectivity index (χ1) is 14.0. The third-order valence-electron chi connectivity index (χ3n) is 3.85. The van der Waals surface area contributed by atoms with Gasteiger partial charge in [-0.2, -0.15) is 27.1 Å². The van der Waals surface area contributed by atoms with Gasteiger partial charge in [-0.3, -0.25) is 5.10 Å². The van der Waals surface area contributed by atoms with Gasteiger partial charge in [0, 0.05) is 32.6 Å². The van der Waals surface area contributed by atoms with Crippen LogP contribution in [0.5, 0.6) is 5.75 Å². The van der Waals surface area contributed by atoms with Crippen LogP contribution in [0.4, 0.5) is 22.0 Å². The highest BCUT2D eigenvalue weighted by Gasteiger charge is 2.47. The molecule has 6 nitrogen and oxygen atoms in total. The molecule has 2 aromatic heterocycles. The molecule has 0 aliphatic heterocycles. The Bertz CT molecular complexity index is 1060. The average molecular weight is 534 g/mol. The molecule has 0 saturated carbocycles. The minimum atomic E-state index is -4.34. The highest BCUT2D eigenvalue weighted by atomic mass is 79.9. The molecule has 1 unspecified atom stereocenters. The summed E-state index contributed by atoms with van der Waals surface area (Å²) in [4.78, 5) is 8.04. The van der Waals surface area contributed by atoms with Gasteiger partial charge in [-0.25, -0.2) is 0 Å². The van der Waals surface area contributed by atoms with Crippen molar-refractivity contribution in [2.45, 2.75) is 25.1 Å². The Kier molecular flexibility index (Phi) is 6.78. The fourth-order valence-electron chi connectivity index (χ4n) is 2.60. The van der Waals surface area contributed by atoms with Gasteiger partial charge in [0.05, 0.1) is 17.5 Å². The van der Waals surface area contributed by atoms with Gasteiger partial charge in [0.15, 0.2) is 0 Å². The summed E-state index contributed by atoms with van der Waals surface area (Å²) in [6, 6.07) is 3.06. The van der Waals surface area contributed by atoms with Gasteiger partial charge in [0.25, 0.3) is 0 Å². The number of benzene rings is 1. The number of halogens is 6. The molecule has 30 heavy (non-hydrogen) atoms. The van der Waals surface area contributed by atoms with Crippen LogP contribution in [-0.2, 0) is 15.2 Å². The van der Waals surface area contributed by atoms with E-state index in [0.717, 1.165) is 0 Å². The lowest BCUT2D eigenvalue weighted by molar-refractivity contribution is -0.183. The average Bonchev–Trinajstić information content (AvgIpc) is 3.25. The van der Waals surface area contributed by atoms with Crippen molar-refractivity contribution in [3.05, 3.63) is 33.9 Å². The molecular weight excluding hydrogens is 522 g/mol. The number of H-pyrrole nitrogens is 1. The Labute approximate surface area is 179 Å². The lowest BCUT2D eigenvalue weighted by Gasteiger charge is -2.10. The summed E-state index contributed by atoms with van der Waals surface area (Å²) in [5.41, 5.74) is 1.11. The minimum Gasteiger partial charge on any atom is -0.492 e. The van der Waals surface area contributed by atoms with Crippen molar-refractivity contribution in [1.82, 2.24) is 10.2 Å². The number of nitrogens with one attached hydrogen (secondary N) is 1. The molecule has 0 saturated heterocycles. The number of rotatable bonds is 8. The Morgan fingerprint density at radius 3 is 2.57 bits per heavy atom. The number of aromatic amines is 1. The quantitative estimate of drug-likeness (QED) is 0.196. The molecular formula is C16H12BrF5N2O4PS+. The fourth-order valence-corrected chi connectivity index (χ4v) is 4.92. The highest BCUT2D eigenvalue weighted by molar-refractivity contribution is 9.10. The Balaban J connectivity index is 2.03. The van der Waals surface area contributed by atoms with E-state index < -0.39 is 31.8 Å². The lowest BCUT2D eigenvalue weighted by Crippen LogP contribution is -2.12. The van der Waals surface area contributed by atoms with Gasteiger partial charge in [-0.15, -0.1) is 16.2 Å². The largest absolute Gasteiger partial charge is 0.701 e. The van der Waals surface area contributed by atoms with E-state index in [0.29, 0.717) is 22.5 Å². The van der Waals surface area contributed by atoms with Crippen LogP contribution in [0.2, 0.25) is 0 Å².